The molecule has 0 saturated carbocycles. The fourth-order valence-corrected chi connectivity index (χ4v) is 2.29. The number of benzene rings is 1. The Labute approximate surface area is 122 Å². The monoisotopic (exact) mass is 276 g/mol. The first kappa shape index (κ1) is 16.7. The number of anilines is 1. The van der Waals surface area contributed by atoms with Crippen LogP contribution in [0.1, 0.15) is 70.4 Å². The number of carbonyl (C=O) groups is 1. The predicted octanol–water partition coefficient (Wildman–Crippen LogP) is 4.40. The fourth-order valence-electron chi connectivity index (χ4n) is 2.29. The minimum atomic E-state index is -0.0689. The van der Waals surface area contributed by atoms with E-state index in [1.54, 1.807) is 0 Å². The molecule has 1 unspecified atom stereocenters. The van der Waals surface area contributed by atoms with Crippen LogP contribution in [0.2, 0.25) is 0 Å². The third-order valence-electron chi connectivity index (χ3n) is 3.48. The highest BCUT2D eigenvalue weighted by Crippen LogP contribution is 2.21. The van der Waals surface area contributed by atoms with Crippen molar-refractivity contribution in [3.63, 3.8) is 0 Å². The lowest BCUT2D eigenvalue weighted by atomic mass is 10.1. The Balaban J connectivity index is 2.32. The molecule has 1 amide bonds. The van der Waals surface area contributed by atoms with Crippen molar-refractivity contribution in [2.24, 2.45) is 5.73 Å². The number of hydrogen-bond acceptors (Lipinski definition) is 2. The summed E-state index contributed by atoms with van der Waals surface area (Å²) in [7, 11) is 0. The molecule has 112 valence electrons. The van der Waals surface area contributed by atoms with E-state index in [1.807, 2.05) is 31.2 Å². The predicted molar refractivity (Wildman–Crippen MR) is 85.7 cm³/mol. The molecule has 0 spiro atoms. The number of para-hydroxylation sites is 1. The van der Waals surface area contributed by atoms with Crippen LogP contribution in [-0.2, 0) is 4.79 Å². The molecule has 1 aromatic rings. The van der Waals surface area contributed by atoms with Crippen LogP contribution in [-0.4, -0.2) is 5.91 Å². The average Bonchev–Trinajstić information content (AvgIpc) is 2.43. The standard InChI is InChI=1S/C17H28N2O/c1-3-4-5-6-7-8-13-17(20)19-16-12-10-9-11-15(16)14(2)18/h9-12,14H,3-8,13,18H2,1-2H3,(H,19,20). The van der Waals surface area contributed by atoms with Crippen molar-refractivity contribution in [2.45, 2.75) is 64.8 Å². The number of rotatable bonds is 9. The van der Waals surface area contributed by atoms with Gasteiger partial charge in [0.15, 0.2) is 0 Å². The number of nitrogens with two attached hydrogens (primary N) is 1. The Kier molecular flexibility index (Phi) is 7.97. The highest BCUT2D eigenvalue weighted by atomic mass is 16.1. The summed E-state index contributed by atoms with van der Waals surface area (Å²) < 4.78 is 0. The Morgan fingerprint density at radius 1 is 1.15 bits per heavy atom. The highest BCUT2D eigenvalue weighted by molar-refractivity contribution is 5.91. The van der Waals surface area contributed by atoms with Gasteiger partial charge in [-0.25, -0.2) is 0 Å². The van der Waals surface area contributed by atoms with E-state index in [1.165, 1.54) is 25.7 Å². The number of nitrogens with one attached hydrogen (secondary N) is 1. The molecule has 3 nitrogen and oxygen atoms in total. The number of unbranched alkanes of at least 4 members (excludes halogenated alkanes) is 5. The van der Waals surface area contributed by atoms with E-state index in [2.05, 4.69) is 12.2 Å². The molecule has 0 saturated heterocycles. The number of carbonyl (C=O) groups excluding carboxylic acids is 1. The summed E-state index contributed by atoms with van der Waals surface area (Å²) in [4.78, 5) is 11.9. The second-order valence-corrected chi connectivity index (χ2v) is 5.44. The van der Waals surface area contributed by atoms with Crippen LogP contribution < -0.4 is 11.1 Å². The fraction of sp³-hybridized carbons (Fsp3) is 0.588. The molecule has 0 aliphatic carbocycles. The SMILES string of the molecule is CCCCCCCCC(=O)Nc1ccccc1C(C)N. The van der Waals surface area contributed by atoms with Gasteiger partial charge in [-0.05, 0) is 25.0 Å². The molecule has 0 aliphatic heterocycles. The average molecular weight is 276 g/mol. The minimum absolute atomic E-state index is 0.0689. The second-order valence-electron chi connectivity index (χ2n) is 5.44. The Morgan fingerprint density at radius 2 is 1.80 bits per heavy atom. The van der Waals surface area contributed by atoms with Crippen molar-refractivity contribution in [1.82, 2.24) is 0 Å². The molecule has 1 aromatic carbocycles. The summed E-state index contributed by atoms with van der Waals surface area (Å²) in [6, 6.07) is 7.68. The highest BCUT2D eigenvalue weighted by Gasteiger charge is 2.08. The molecule has 1 atom stereocenters. The van der Waals surface area contributed by atoms with Gasteiger partial charge in [-0.3, -0.25) is 4.79 Å². The molecule has 3 N–H and O–H groups in total. The second kappa shape index (κ2) is 9.54. The number of hydrogen-bond donors (Lipinski definition) is 2. The molecule has 0 fully saturated rings. The van der Waals surface area contributed by atoms with Crippen molar-refractivity contribution in [3.8, 4) is 0 Å². The molecule has 0 aromatic heterocycles. The molecule has 0 aliphatic rings. The largest absolute Gasteiger partial charge is 0.326 e. The van der Waals surface area contributed by atoms with Crippen LogP contribution in [0.5, 0.6) is 0 Å². The zero-order valence-corrected chi connectivity index (χ0v) is 12.8. The maximum Gasteiger partial charge on any atom is 0.224 e. The topological polar surface area (TPSA) is 55.1 Å². The van der Waals surface area contributed by atoms with Gasteiger partial charge in [0, 0.05) is 18.2 Å². The molecule has 3 heteroatoms. The lowest BCUT2D eigenvalue weighted by Crippen LogP contribution is -2.15. The van der Waals surface area contributed by atoms with Gasteiger partial charge >= 0.3 is 0 Å². The molecule has 0 radical (unpaired) electrons. The molecule has 0 bridgehead atoms. The van der Waals surface area contributed by atoms with E-state index in [4.69, 9.17) is 5.73 Å². The van der Waals surface area contributed by atoms with Crippen LogP contribution in [0.25, 0.3) is 0 Å². The third-order valence-corrected chi connectivity index (χ3v) is 3.48. The van der Waals surface area contributed by atoms with E-state index in [0.717, 1.165) is 24.1 Å². The van der Waals surface area contributed by atoms with E-state index in [9.17, 15) is 4.79 Å². The molecule has 20 heavy (non-hydrogen) atoms. The minimum Gasteiger partial charge on any atom is -0.326 e. The van der Waals surface area contributed by atoms with Gasteiger partial charge in [-0.2, -0.15) is 0 Å². The van der Waals surface area contributed by atoms with Gasteiger partial charge in [0.25, 0.3) is 0 Å². The quantitative estimate of drug-likeness (QED) is 0.657. The van der Waals surface area contributed by atoms with Gasteiger partial charge in [0.1, 0.15) is 0 Å². The van der Waals surface area contributed by atoms with Crippen molar-refractivity contribution < 1.29 is 4.79 Å². The van der Waals surface area contributed by atoms with E-state index in [-0.39, 0.29) is 11.9 Å². The van der Waals surface area contributed by atoms with Crippen LogP contribution in [0.4, 0.5) is 5.69 Å². The Hall–Kier alpha value is -1.35. The Bertz CT molecular complexity index is 402. The first-order valence-electron chi connectivity index (χ1n) is 7.79. The molecule has 1 rings (SSSR count). The van der Waals surface area contributed by atoms with Crippen LogP contribution in [0.3, 0.4) is 0 Å². The molecular formula is C17H28N2O. The van der Waals surface area contributed by atoms with Crippen LogP contribution in [0, 0.1) is 0 Å². The summed E-state index contributed by atoms with van der Waals surface area (Å²) in [6.07, 6.45) is 7.78. The van der Waals surface area contributed by atoms with Crippen molar-refractivity contribution in [2.75, 3.05) is 5.32 Å². The zero-order chi connectivity index (χ0) is 14.8. The Morgan fingerprint density at radius 3 is 2.50 bits per heavy atom. The van der Waals surface area contributed by atoms with Crippen LogP contribution in [0.15, 0.2) is 24.3 Å². The normalized spacial score (nSPS) is 12.2. The maximum atomic E-state index is 11.9. The maximum absolute atomic E-state index is 11.9. The van der Waals surface area contributed by atoms with Crippen LogP contribution >= 0.6 is 0 Å². The lowest BCUT2D eigenvalue weighted by Gasteiger charge is -2.13. The van der Waals surface area contributed by atoms with Gasteiger partial charge in [0.05, 0.1) is 0 Å². The lowest BCUT2D eigenvalue weighted by molar-refractivity contribution is -0.116. The van der Waals surface area contributed by atoms with Gasteiger partial charge in [-0.1, -0.05) is 57.2 Å². The summed E-state index contributed by atoms with van der Waals surface area (Å²) in [5.74, 6) is 0.0913. The molecular weight excluding hydrogens is 248 g/mol. The first-order valence-corrected chi connectivity index (χ1v) is 7.79. The summed E-state index contributed by atoms with van der Waals surface area (Å²) in [5, 5.41) is 2.97. The van der Waals surface area contributed by atoms with Crippen molar-refractivity contribution in [3.05, 3.63) is 29.8 Å². The van der Waals surface area contributed by atoms with E-state index in [0.29, 0.717) is 6.42 Å². The number of amides is 1. The first-order chi connectivity index (χ1) is 9.65. The van der Waals surface area contributed by atoms with Gasteiger partial charge in [-0.15, -0.1) is 0 Å². The summed E-state index contributed by atoms with van der Waals surface area (Å²) in [5.41, 5.74) is 7.74. The third kappa shape index (κ3) is 6.20. The summed E-state index contributed by atoms with van der Waals surface area (Å²) >= 11 is 0. The van der Waals surface area contributed by atoms with Gasteiger partial charge < -0.3 is 11.1 Å². The molecule has 0 heterocycles. The van der Waals surface area contributed by atoms with Gasteiger partial charge in [0.2, 0.25) is 5.91 Å². The van der Waals surface area contributed by atoms with Crippen molar-refractivity contribution >= 4 is 11.6 Å². The van der Waals surface area contributed by atoms with Crippen molar-refractivity contribution in [1.29, 1.82) is 0 Å². The van der Waals surface area contributed by atoms with E-state index >= 15 is 0 Å². The smallest absolute Gasteiger partial charge is 0.224 e. The summed E-state index contributed by atoms with van der Waals surface area (Å²) in [6.45, 7) is 4.14. The zero-order valence-electron chi connectivity index (χ0n) is 12.8. The van der Waals surface area contributed by atoms with E-state index < -0.39 is 0 Å².